The van der Waals surface area contributed by atoms with E-state index >= 15 is 0 Å². The van der Waals surface area contributed by atoms with Crippen LogP contribution >= 0.6 is 0 Å². The van der Waals surface area contributed by atoms with Gasteiger partial charge in [0.1, 0.15) is 5.82 Å². The number of nitrogens with zero attached hydrogens (tertiary/aromatic N) is 2. The van der Waals surface area contributed by atoms with E-state index in [9.17, 15) is 0 Å². The third kappa shape index (κ3) is 2.57. The van der Waals surface area contributed by atoms with Crippen molar-refractivity contribution in [2.75, 3.05) is 0 Å². The lowest BCUT2D eigenvalue weighted by atomic mass is 10.0. The van der Waals surface area contributed by atoms with E-state index in [0.29, 0.717) is 0 Å². The molecule has 0 fully saturated rings. The Morgan fingerprint density at radius 3 is 2.06 bits per heavy atom. The second-order valence-electron chi connectivity index (χ2n) is 9.22. The van der Waals surface area contributed by atoms with Gasteiger partial charge in [-0.1, -0.05) is 91.0 Å². The fraction of sp³-hybridized carbons (Fsp3) is 0. The Morgan fingerprint density at radius 1 is 0.457 bits per heavy atom. The summed E-state index contributed by atoms with van der Waals surface area (Å²) >= 11 is 0. The molecule has 0 saturated carbocycles. The minimum absolute atomic E-state index is 0.958. The summed E-state index contributed by atoms with van der Waals surface area (Å²) in [5.74, 6) is 0.958. The SMILES string of the molecule is c1ccc(-c2ccc3c(c2)c2ccccc2n3-c2cc3c4c(cccc4n2)-c2ccccc2-3)cc1. The summed E-state index contributed by atoms with van der Waals surface area (Å²) in [6.07, 6.45) is 0. The largest absolute Gasteiger partial charge is 0.294 e. The summed E-state index contributed by atoms with van der Waals surface area (Å²) in [7, 11) is 0. The summed E-state index contributed by atoms with van der Waals surface area (Å²) in [5, 5.41) is 3.74. The molecule has 0 bridgehead atoms. The zero-order chi connectivity index (χ0) is 22.9. The molecule has 0 saturated heterocycles. The van der Waals surface area contributed by atoms with Gasteiger partial charge in [-0.05, 0) is 63.7 Å². The molecule has 0 N–H and O–H groups in total. The van der Waals surface area contributed by atoms with Crippen molar-refractivity contribution in [2.24, 2.45) is 0 Å². The highest BCUT2D eigenvalue weighted by molar-refractivity contribution is 6.15. The van der Waals surface area contributed by atoms with Crippen LogP contribution in [0.25, 0.3) is 71.9 Å². The van der Waals surface area contributed by atoms with Gasteiger partial charge in [0.2, 0.25) is 0 Å². The molecule has 0 atom stereocenters. The first kappa shape index (κ1) is 18.7. The molecule has 0 radical (unpaired) electrons. The molecule has 2 nitrogen and oxygen atoms in total. The molecular weight excluding hydrogens is 424 g/mol. The Morgan fingerprint density at radius 2 is 1.17 bits per heavy atom. The standard InChI is InChI=1S/C33H20N2/c1-2-9-21(10-3-1)22-17-18-31-27(19-22)25-13-6-7-16-30(25)35(31)32-20-28-24-12-5-4-11-23(24)26-14-8-15-29(34-32)33(26)28/h1-20H. The first-order valence-electron chi connectivity index (χ1n) is 12.0. The molecule has 0 amide bonds. The van der Waals surface area contributed by atoms with E-state index in [2.05, 4.69) is 126 Å². The summed E-state index contributed by atoms with van der Waals surface area (Å²) < 4.78 is 2.32. The maximum Gasteiger partial charge on any atom is 0.138 e. The lowest BCUT2D eigenvalue weighted by Gasteiger charge is -2.11. The van der Waals surface area contributed by atoms with Crippen LogP contribution in [0.1, 0.15) is 0 Å². The minimum Gasteiger partial charge on any atom is -0.294 e. The maximum absolute atomic E-state index is 5.21. The highest BCUT2D eigenvalue weighted by Gasteiger charge is 2.23. The molecule has 1 aliphatic rings. The van der Waals surface area contributed by atoms with E-state index in [1.165, 1.54) is 60.6 Å². The quantitative estimate of drug-likeness (QED) is 0.261. The first-order valence-corrected chi connectivity index (χ1v) is 12.0. The molecule has 1 aliphatic carbocycles. The molecule has 5 aromatic carbocycles. The van der Waals surface area contributed by atoms with Crippen molar-refractivity contribution in [3.8, 4) is 39.2 Å². The summed E-state index contributed by atoms with van der Waals surface area (Å²) in [6, 6.07) is 43.5. The molecule has 8 rings (SSSR count). The summed E-state index contributed by atoms with van der Waals surface area (Å²) in [4.78, 5) is 5.21. The van der Waals surface area contributed by atoms with Crippen LogP contribution in [0.2, 0.25) is 0 Å². The van der Waals surface area contributed by atoms with Gasteiger partial charge in [-0.25, -0.2) is 4.98 Å². The number of aromatic nitrogens is 2. The Kier molecular flexibility index (Phi) is 3.69. The van der Waals surface area contributed by atoms with Crippen LogP contribution in [0.3, 0.4) is 0 Å². The van der Waals surface area contributed by atoms with Gasteiger partial charge in [0.05, 0.1) is 16.6 Å². The van der Waals surface area contributed by atoms with Crippen LogP contribution in [0, 0.1) is 0 Å². The number of rotatable bonds is 2. The average Bonchev–Trinajstić information content (AvgIpc) is 3.43. The van der Waals surface area contributed by atoms with Gasteiger partial charge < -0.3 is 0 Å². The predicted octanol–water partition coefficient (Wildman–Crippen LogP) is 8.65. The number of hydrogen-bond acceptors (Lipinski definition) is 1. The second kappa shape index (κ2) is 6.91. The average molecular weight is 445 g/mol. The van der Waals surface area contributed by atoms with Crippen molar-refractivity contribution in [3.05, 3.63) is 121 Å². The zero-order valence-corrected chi connectivity index (χ0v) is 18.9. The van der Waals surface area contributed by atoms with Crippen molar-refractivity contribution in [1.82, 2.24) is 9.55 Å². The number of pyridine rings is 1. The van der Waals surface area contributed by atoms with Crippen LogP contribution in [0.5, 0.6) is 0 Å². The number of hydrogen-bond donors (Lipinski definition) is 0. The molecule has 0 aliphatic heterocycles. The molecule has 0 unspecified atom stereocenters. The van der Waals surface area contributed by atoms with E-state index in [-0.39, 0.29) is 0 Å². The Hall–Kier alpha value is -4.69. The van der Waals surface area contributed by atoms with Gasteiger partial charge >= 0.3 is 0 Å². The molecule has 35 heavy (non-hydrogen) atoms. The van der Waals surface area contributed by atoms with Crippen LogP contribution in [0.4, 0.5) is 0 Å². The Balaban J connectivity index is 1.45. The van der Waals surface area contributed by atoms with Gasteiger partial charge in [0.15, 0.2) is 0 Å². The molecular formula is C33H20N2. The highest BCUT2D eigenvalue weighted by atomic mass is 15.1. The molecule has 0 spiro atoms. The lowest BCUT2D eigenvalue weighted by molar-refractivity contribution is 1.10. The second-order valence-corrected chi connectivity index (χ2v) is 9.22. The topological polar surface area (TPSA) is 17.8 Å². The lowest BCUT2D eigenvalue weighted by Crippen LogP contribution is -1.98. The van der Waals surface area contributed by atoms with Crippen molar-refractivity contribution >= 4 is 32.7 Å². The van der Waals surface area contributed by atoms with Crippen molar-refractivity contribution < 1.29 is 0 Å². The molecule has 2 aromatic heterocycles. The van der Waals surface area contributed by atoms with Crippen LogP contribution in [-0.2, 0) is 0 Å². The van der Waals surface area contributed by atoms with Crippen molar-refractivity contribution in [3.63, 3.8) is 0 Å². The molecule has 2 heterocycles. The van der Waals surface area contributed by atoms with Crippen LogP contribution in [0.15, 0.2) is 121 Å². The van der Waals surface area contributed by atoms with Crippen LogP contribution in [-0.4, -0.2) is 9.55 Å². The third-order valence-electron chi connectivity index (χ3n) is 7.34. The molecule has 7 aromatic rings. The number of para-hydroxylation sites is 1. The van der Waals surface area contributed by atoms with E-state index in [4.69, 9.17) is 4.98 Å². The predicted molar refractivity (Wildman–Crippen MR) is 146 cm³/mol. The maximum atomic E-state index is 5.21. The summed E-state index contributed by atoms with van der Waals surface area (Å²) in [5.41, 5.74) is 11.0. The Bertz CT molecular complexity index is 1940. The monoisotopic (exact) mass is 444 g/mol. The normalized spacial score (nSPS) is 12.0. The summed E-state index contributed by atoms with van der Waals surface area (Å²) in [6.45, 7) is 0. The fourth-order valence-electron chi connectivity index (χ4n) is 5.81. The Labute approximate surface area is 202 Å². The van der Waals surface area contributed by atoms with Gasteiger partial charge in [-0.15, -0.1) is 0 Å². The molecule has 162 valence electrons. The van der Waals surface area contributed by atoms with E-state index in [0.717, 1.165) is 11.3 Å². The van der Waals surface area contributed by atoms with E-state index in [1.807, 2.05) is 0 Å². The number of benzene rings is 5. The minimum atomic E-state index is 0.958. The van der Waals surface area contributed by atoms with E-state index in [1.54, 1.807) is 0 Å². The van der Waals surface area contributed by atoms with Gasteiger partial charge in [-0.2, -0.15) is 0 Å². The van der Waals surface area contributed by atoms with Crippen molar-refractivity contribution in [2.45, 2.75) is 0 Å². The smallest absolute Gasteiger partial charge is 0.138 e. The first-order chi connectivity index (χ1) is 17.4. The highest BCUT2D eigenvalue weighted by Crippen LogP contribution is 2.47. The number of fused-ring (bicyclic) bond motifs is 6. The van der Waals surface area contributed by atoms with Gasteiger partial charge in [0, 0.05) is 16.2 Å². The molecule has 2 heteroatoms. The van der Waals surface area contributed by atoms with Crippen LogP contribution < -0.4 is 0 Å². The van der Waals surface area contributed by atoms with E-state index < -0.39 is 0 Å². The van der Waals surface area contributed by atoms with Gasteiger partial charge in [-0.3, -0.25) is 4.57 Å². The van der Waals surface area contributed by atoms with Crippen molar-refractivity contribution in [1.29, 1.82) is 0 Å². The fourth-order valence-corrected chi connectivity index (χ4v) is 5.81. The zero-order valence-electron chi connectivity index (χ0n) is 18.9. The third-order valence-corrected chi connectivity index (χ3v) is 7.34. The van der Waals surface area contributed by atoms with Gasteiger partial charge in [0.25, 0.3) is 0 Å².